The fraction of sp³-hybridized carbons (Fsp3) is 0.143. The van der Waals surface area contributed by atoms with Gasteiger partial charge in [-0.15, -0.1) is 5.10 Å². The van der Waals surface area contributed by atoms with Crippen LogP contribution in [0.15, 0.2) is 34.2 Å². The minimum absolute atomic E-state index is 0.205. The van der Waals surface area contributed by atoms with Gasteiger partial charge in [0.1, 0.15) is 16.2 Å². The first-order chi connectivity index (χ1) is 12.3. The first-order valence-electron chi connectivity index (χ1n) is 7.30. The Kier molecular flexibility index (Phi) is 3.88. The number of fused-ring (bicyclic) bond motifs is 2. The number of hydrogen-bond donors (Lipinski definition) is 2. The Morgan fingerprint density at radius 2 is 2.15 bits per heavy atom. The van der Waals surface area contributed by atoms with Gasteiger partial charge in [-0.2, -0.15) is 4.98 Å². The van der Waals surface area contributed by atoms with Gasteiger partial charge in [-0.1, -0.05) is 0 Å². The molecule has 0 saturated carbocycles. The Hall–Kier alpha value is -2.60. The lowest BCUT2D eigenvalue weighted by molar-refractivity contribution is 0.587. The number of halogens is 2. The van der Waals surface area contributed by atoms with E-state index in [9.17, 15) is 12.8 Å². The molecule has 0 saturated heterocycles. The molecule has 4 aromatic rings. The molecule has 2 N–H and O–H groups in total. The topological polar surface area (TPSA) is 118 Å². The molecule has 0 radical (unpaired) electrons. The molecule has 0 aliphatic carbocycles. The second kappa shape index (κ2) is 5.99. The van der Waals surface area contributed by atoms with Gasteiger partial charge in [-0.25, -0.2) is 27.3 Å². The van der Waals surface area contributed by atoms with Crippen molar-refractivity contribution in [1.82, 2.24) is 29.5 Å². The van der Waals surface area contributed by atoms with E-state index in [1.165, 1.54) is 22.8 Å². The molecule has 0 unspecified atom stereocenters. The van der Waals surface area contributed by atoms with Crippen LogP contribution in [0.25, 0.3) is 16.7 Å². The van der Waals surface area contributed by atoms with Crippen molar-refractivity contribution in [3.05, 3.63) is 40.6 Å². The van der Waals surface area contributed by atoms with E-state index in [2.05, 4.69) is 46.3 Å². The minimum Gasteiger partial charge on any atom is -0.360 e. The molecule has 0 aliphatic heterocycles. The first kappa shape index (κ1) is 16.8. The number of aromatic nitrogens is 6. The lowest BCUT2D eigenvalue weighted by Gasteiger charge is -2.07. The summed E-state index contributed by atoms with van der Waals surface area (Å²) in [5.74, 6) is 0.407. The van der Waals surface area contributed by atoms with Gasteiger partial charge in [0.25, 0.3) is 5.16 Å². The van der Waals surface area contributed by atoms with E-state index in [0.717, 1.165) is 6.26 Å². The molecule has 1 aromatic carbocycles. The largest absolute Gasteiger partial charge is 0.360 e. The molecule has 3 aromatic heterocycles. The zero-order valence-electron chi connectivity index (χ0n) is 13.2. The Bertz CT molecular complexity index is 1250. The minimum atomic E-state index is -3.62. The van der Waals surface area contributed by atoms with Crippen LogP contribution in [0.1, 0.15) is 5.82 Å². The van der Waals surface area contributed by atoms with E-state index in [4.69, 9.17) is 0 Å². The zero-order valence-corrected chi connectivity index (χ0v) is 15.6. The van der Waals surface area contributed by atoms with Crippen LogP contribution in [0.2, 0.25) is 0 Å². The summed E-state index contributed by atoms with van der Waals surface area (Å²) in [7, 11) is -3.62. The number of hydrogen-bond acceptors (Lipinski definition) is 7. The van der Waals surface area contributed by atoms with Gasteiger partial charge in [-0.05, 0) is 34.1 Å². The number of anilines is 1. The van der Waals surface area contributed by atoms with Crippen molar-refractivity contribution in [2.24, 2.45) is 0 Å². The van der Waals surface area contributed by atoms with E-state index < -0.39 is 9.84 Å². The molecule has 3 heterocycles. The Morgan fingerprint density at radius 1 is 1.35 bits per heavy atom. The molecule has 0 atom stereocenters. The highest BCUT2D eigenvalue weighted by molar-refractivity contribution is 9.10. The maximum absolute atomic E-state index is 13.3. The average Bonchev–Trinajstić information content (AvgIpc) is 3.15. The second-order valence-corrected chi connectivity index (χ2v) is 8.25. The average molecular weight is 440 g/mol. The van der Waals surface area contributed by atoms with Crippen LogP contribution in [-0.4, -0.2) is 44.2 Å². The van der Waals surface area contributed by atoms with E-state index in [-0.39, 0.29) is 23.3 Å². The molecule has 12 heteroatoms. The number of nitrogens with zero attached hydrogens (tertiary/aromatic N) is 5. The fourth-order valence-corrected chi connectivity index (χ4v) is 3.23. The summed E-state index contributed by atoms with van der Waals surface area (Å²) >= 11 is 3.26. The van der Waals surface area contributed by atoms with Gasteiger partial charge in [0, 0.05) is 6.26 Å². The third kappa shape index (κ3) is 3.01. The van der Waals surface area contributed by atoms with Crippen molar-refractivity contribution in [2.45, 2.75) is 11.7 Å². The maximum Gasteiger partial charge on any atom is 0.267 e. The second-order valence-electron chi connectivity index (χ2n) is 5.53. The van der Waals surface area contributed by atoms with Crippen molar-refractivity contribution in [3.63, 3.8) is 0 Å². The molecule has 0 bridgehead atoms. The van der Waals surface area contributed by atoms with Gasteiger partial charge in [-0.3, -0.25) is 0 Å². The zero-order chi connectivity index (χ0) is 18.5. The van der Waals surface area contributed by atoms with Gasteiger partial charge in [0.2, 0.25) is 9.84 Å². The molecule has 0 amide bonds. The van der Waals surface area contributed by atoms with Gasteiger partial charge in [0.05, 0.1) is 23.8 Å². The normalized spacial score (nSPS) is 12.1. The summed E-state index contributed by atoms with van der Waals surface area (Å²) in [5.41, 5.74) is 1.54. The summed E-state index contributed by atoms with van der Waals surface area (Å²) < 4.78 is 38.8. The van der Waals surface area contributed by atoms with E-state index in [0.29, 0.717) is 27.1 Å². The van der Waals surface area contributed by atoms with Gasteiger partial charge >= 0.3 is 0 Å². The molecule has 0 spiro atoms. The Morgan fingerprint density at radius 3 is 2.92 bits per heavy atom. The molecule has 134 valence electrons. The highest BCUT2D eigenvalue weighted by Crippen LogP contribution is 2.20. The standard InChI is InChI=1S/C14H11BrFN7O2S/c1-26(24,25)14-21-12(13-18-5-10(15)23(13)22-14)17-6-11-19-8-3-2-7(16)4-9(8)20-11/h2-5H,6H2,1H3,(H,19,20)(H,17,21,22). The summed E-state index contributed by atoms with van der Waals surface area (Å²) in [6.45, 7) is 0.205. The molecule has 9 nitrogen and oxygen atoms in total. The first-order valence-corrected chi connectivity index (χ1v) is 9.99. The number of nitrogens with one attached hydrogen (secondary N) is 2. The van der Waals surface area contributed by atoms with E-state index in [1.54, 1.807) is 6.07 Å². The highest BCUT2D eigenvalue weighted by Gasteiger charge is 2.18. The van der Waals surface area contributed by atoms with Crippen molar-refractivity contribution in [1.29, 1.82) is 0 Å². The predicted molar refractivity (Wildman–Crippen MR) is 95.0 cm³/mol. The van der Waals surface area contributed by atoms with Gasteiger partial charge in [0.15, 0.2) is 11.5 Å². The van der Waals surface area contributed by atoms with E-state index >= 15 is 0 Å². The maximum atomic E-state index is 13.3. The number of benzene rings is 1. The quantitative estimate of drug-likeness (QED) is 0.498. The van der Waals surface area contributed by atoms with Crippen LogP contribution < -0.4 is 5.32 Å². The van der Waals surface area contributed by atoms with Crippen LogP contribution >= 0.6 is 15.9 Å². The lowest BCUT2D eigenvalue weighted by atomic mass is 10.3. The van der Waals surface area contributed by atoms with Crippen LogP contribution in [0, 0.1) is 5.82 Å². The van der Waals surface area contributed by atoms with Crippen LogP contribution in [0.4, 0.5) is 10.2 Å². The van der Waals surface area contributed by atoms with Crippen LogP contribution in [0.3, 0.4) is 0 Å². The fourth-order valence-electron chi connectivity index (χ4n) is 2.40. The monoisotopic (exact) mass is 439 g/mol. The van der Waals surface area contributed by atoms with E-state index in [1.807, 2.05) is 0 Å². The summed E-state index contributed by atoms with van der Waals surface area (Å²) in [5, 5.41) is 6.63. The predicted octanol–water partition coefficient (Wildman–Crippen LogP) is 1.92. The Balaban J connectivity index is 1.71. The molecule has 26 heavy (non-hydrogen) atoms. The number of imidazole rings is 2. The SMILES string of the molecule is CS(=O)(=O)c1nc(NCc2nc3ccc(F)cc3[nH]2)c2ncc(Br)n2n1. The van der Waals surface area contributed by atoms with Crippen LogP contribution in [0.5, 0.6) is 0 Å². The number of aromatic amines is 1. The van der Waals surface area contributed by atoms with Crippen molar-refractivity contribution >= 4 is 48.3 Å². The molecular weight excluding hydrogens is 429 g/mol. The van der Waals surface area contributed by atoms with Crippen molar-refractivity contribution in [2.75, 3.05) is 11.6 Å². The number of rotatable bonds is 4. The molecular formula is C14H11BrFN7O2S. The Labute approximate surface area is 154 Å². The number of sulfone groups is 1. The summed E-state index contributed by atoms with van der Waals surface area (Å²) in [6.07, 6.45) is 2.52. The smallest absolute Gasteiger partial charge is 0.267 e. The lowest BCUT2D eigenvalue weighted by Crippen LogP contribution is -2.13. The molecule has 4 rings (SSSR count). The van der Waals surface area contributed by atoms with Crippen molar-refractivity contribution in [3.8, 4) is 0 Å². The number of H-pyrrole nitrogens is 1. The van der Waals surface area contributed by atoms with Gasteiger partial charge < -0.3 is 10.3 Å². The van der Waals surface area contributed by atoms with Crippen molar-refractivity contribution < 1.29 is 12.8 Å². The third-order valence-electron chi connectivity index (χ3n) is 3.55. The molecule has 0 fully saturated rings. The third-order valence-corrected chi connectivity index (χ3v) is 4.93. The van der Waals surface area contributed by atoms with Crippen LogP contribution in [-0.2, 0) is 16.4 Å². The highest BCUT2D eigenvalue weighted by atomic mass is 79.9. The summed E-state index contributed by atoms with van der Waals surface area (Å²) in [6, 6.07) is 4.25. The molecule has 0 aliphatic rings. The summed E-state index contributed by atoms with van der Waals surface area (Å²) in [4.78, 5) is 15.5.